The Hall–Kier alpha value is -2.16. The van der Waals surface area contributed by atoms with E-state index < -0.39 is 12.1 Å². The third kappa shape index (κ3) is 3.03. The van der Waals surface area contributed by atoms with Gasteiger partial charge in [0.1, 0.15) is 5.82 Å². The average Bonchev–Trinajstić information content (AvgIpc) is 3.11. The molecule has 0 bridgehead atoms. The van der Waals surface area contributed by atoms with Crippen molar-refractivity contribution in [2.75, 3.05) is 18.4 Å². The van der Waals surface area contributed by atoms with Gasteiger partial charge in [-0.1, -0.05) is 5.16 Å². The molecule has 0 aromatic carbocycles. The number of nitrogens with zero attached hydrogens (tertiary/aromatic N) is 3. The van der Waals surface area contributed by atoms with E-state index in [1.54, 1.807) is 6.07 Å². The molecule has 3 rings (SSSR count). The second-order valence-corrected chi connectivity index (χ2v) is 5.14. The molecule has 118 valence electrons. The van der Waals surface area contributed by atoms with Crippen molar-refractivity contribution in [1.82, 2.24) is 20.4 Å². The molecule has 3 heterocycles. The van der Waals surface area contributed by atoms with Crippen LogP contribution in [0.5, 0.6) is 0 Å². The first-order chi connectivity index (χ1) is 10.4. The molecule has 2 N–H and O–H groups in total. The number of pyridine rings is 1. The molecule has 0 aliphatic carbocycles. The van der Waals surface area contributed by atoms with Gasteiger partial charge in [-0.2, -0.15) is 18.2 Å². The van der Waals surface area contributed by atoms with E-state index in [1.165, 1.54) is 6.20 Å². The Balaban J connectivity index is 1.80. The second-order valence-electron chi connectivity index (χ2n) is 5.14. The number of aromatic nitrogens is 3. The molecule has 2 aromatic rings. The van der Waals surface area contributed by atoms with Gasteiger partial charge in [0.05, 0.1) is 0 Å². The summed E-state index contributed by atoms with van der Waals surface area (Å²) in [5, 5.41) is 9.89. The van der Waals surface area contributed by atoms with Gasteiger partial charge in [-0.3, -0.25) is 0 Å². The van der Waals surface area contributed by atoms with Crippen molar-refractivity contribution >= 4 is 5.82 Å². The molecule has 1 aliphatic rings. The number of halogens is 3. The molecule has 1 atom stereocenters. The average molecular weight is 313 g/mol. The Bertz CT molecular complexity index is 664. The molecule has 0 spiro atoms. The molecule has 1 fully saturated rings. The van der Waals surface area contributed by atoms with E-state index >= 15 is 0 Å². The molecule has 0 radical (unpaired) electrons. The Labute approximate surface area is 124 Å². The zero-order valence-corrected chi connectivity index (χ0v) is 11.7. The molecule has 9 heteroatoms. The van der Waals surface area contributed by atoms with E-state index in [2.05, 4.69) is 30.3 Å². The lowest BCUT2D eigenvalue weighted by Gasteiger charge is -2.14. The first-order valence-corrected chi connectivity index (χ1v) is 6.78. The molecule has 1 saturated heterocycles. The molecular formula is C13H14F3N5O. The highest BCUT2D eigenvalue weighted by Crippen LogP contribution is 2.29. The van der Waals surface area contributed by atoms with Crippen molar-refractivity contribution in [3.8, 4) is 11.4 Å². The van der Waals surface area contributed by atoms with Gasteiger partial charge in [0.25, 0.3) is 0 Å². The van der Waals surface area contributed by atoms with Gasteiger partial charge in [0, 0.05) is 24.3 Å². The summed E-state index contributed by atoms with van der Waals surface area (Å²) in [6.45, 7) is 3.65. The van der Waals surface area contributed by atoms with Gasteiger partial charge in [-0.25, -0.2) is 4.98 Å². The van der Waals surface area contributed by atoms with Crippen LogP contribution in [0.15, 0.2) is 16.8 Å². The minimum Gasteiger partial charge on any atom is -0.366 e. The van der Waals surface area contributed by atoms with E-state index in [0.29, 0.717) is 17.4 Å². The van der Waals surface area contributed by atoms with E-state index in [1.807, 2.05) is 6.92 Å². The Kier molecular flexibility index (Phi) is 3.73. The maximum Gasteiger partial charge on any atom is 0.471 e. The summed E-state index contributed by atoms with van der Waals surface area (Å²) in [6, 6.07) is 1.99. The minimum absolute atomic E-state index is 0.128. The number of anilines is 1. The summed E-state index contributed by atoms with van der Waals surface area (Å²) in [6.07, 6.45) is -2.21. The van der Waals surface area contributed by atoms with Crippen molar-refractivity contribution in [3.05, 3.63) is 23.7 Å². The van der Waals surface area contributed by atoms with Crippen LogP contribution in [-0.4, -0.2) is 34.3 Å². The van der Waals surface area contributed by atoms with E-state index in [9.17, 15) is 13.2 Å². The van der Waals surface area contributed by atoms with E-state index in [0.717, 1.165) is 25.1 Å². The number of hydrogen-bond donors (Lipinski definition) is 2. The quantitative estimate of drug-likeness (QED) is 0.905. The van der Waals surface area contributed by atoms with Crippen LogP contribution in [-0.2, 0) is 6.18 Å². The molecule has 0 saturated carbocycles. The monoisotopic (exact) mass is 313 g/mol. The lowest BCUT2D eigenvalue weighted by molar-refractivity contribution is -0.159. The third-order valence-electron chi connectivity index (χ3n) is 3.41. The highest BCUT2D eigenvalue weighted by molar-refractivity contribution is 5.59. The third-order valence-corrected chi connectivity index (χ3v) is 3.41. The molecule has 22 heavy (non-hydrogen) atoms. The standard InChI is InChI=1S/C13H14F3N5O/c1-7-4-8(11-20-12(22-21-11)13(14,15)16)5-18-10(7)19-9-2-3-17-6-9/h4-5,9,17H,2-3,6H2,1H3,(H,18,19)/t9-/m0/s1. The van der Waals surface area contributed by atoms with Gasteiger partial charge in [-0.05, 0) is 31.5 Å². The maximum absolute atomic E-state index is 12.5. The van der Waals surface area contributed by atoms with Crippen LogP contribution in [0.4, 0.5) is 19.0 Å². The SMILES string of the molecule is Cc1cc(-c2noc(C(F)(F)F)n2)cnc1N[C@H]1CCNC1. The molecule has 0 unspecified atom stereocenters. The maximum atomic E-state index is 12.5. The van der Waals surface area contributed by atoms with Gasteiger partial charge in [-0.15, -0.1) is 0 Å². The number of hydrogen-bond acceptors (Lipinski definition) is 6. The Morgan fingerprint density at radius 3 is 2.82 bits per heavy atom. The van der Waals surface area contributed by atoms with E-state index in [4.69, 9.17) is 0 Å². The van der Waals surface area contributed by atoms with Crippen LogP contribution in [0.2, 0.25) is 0 Å². The molecule has 2 aromatic heterocycles. The molecule has 0 amide bonds. The Morgan fingerprint density at radius 1 is 1.41 bits per heavy atom. The largest absolute Gasteiger partial charge is 0.471 e. The fourth-order valence-corrected chi connectivity index (χ4v) is 2.28. The summed E-state index contributed by atoms with van der Waals surface area (Å²) in [4.78, 5) is 7.60. The van der Waals surface area contributed by atoms with Crippen LogP contribution >= 0.6 is 0 Å². The minimum atomic E-state index is -4.65. The highest BCUT2D eigenvalue weighted by Gasteiger charge is 2.38. The molecule has 6 nitrogen and oxygen atoms in total. The molecule has 1 aliphatic heterocycles. The summed E-state index contributed by atoms with van der Waals surface area (Å²) in [7, 11) is 0. The number of nitrogens with one attached hydrogen (secondary N) is 2. The fourth-order valence-electron chi connectivity index (χ4n) is 2.28. The predicted octanol–water partition coefficient (Wildman–Crippen LogP) is 2.23. The van der Waals surface area contributed by atoms with Gasteiger partial charge >= 0.3 is 12.1 Å². The lowest BCUT2D eigenvalue weighted by Crippen LogP contribution is -2.23. The molecular weight excluding hydrogens is 299 g/mol. The highest BCUT2D eigenvalue weighted by atomic mass is 19.4. The zero-order chi connectivity index (χ0) is 15.7. The summed E-state index contributed by atoms with van der Waals surface area (Å²) >= 11 is 0. The van der Waals surface area contributed by atoms with Crippen LogP contribution in [0.3, 0.4) is 0 Å². The fraction of sp³-hybridized carbons (Fsp3) is 0.462. The normalized spacial score (nSPS) is 18.6. The first kappa shape index (κ1) is 14.8. The predicted molar refractivity (Wildman–Crippen MR) is 72.2 cm³/mol. The van der Waals surface area contributed by atoms with Crippen LogP contribution in [0.25, 0.3) is 11.4 Å². The summed E-state index contributed by atoms with van der Waals surface area (Å²) in [5.41, 5.74) is 1.19. The number of aryl methyl sites for hydroxylation is 1. The first-order valence-electron chi connectivity index (χ1n) is 6.78. The van der Waals surface area contributed by atoms with Crippen LogP contribution in [0, 0.1) is 6.92 Å². The van der Waals surface area contributed by atoms with Crippen LogP contribution in [0.1, 0.15) is 17.9 Å². The van der Waals surface area contributed by atoms with E-state index in [-0.39, 0.29) is 5.82 Å². The van der Waals surface area contributed by atoms with Crippen molar-refractivity contribution in [3.63, 3.8) is 0 Å². The smallest absolute Gasteiger partial charge is 0.366 e. The van der Waals surface area contributed by atoms with Gasteiger partial charge < -0.3 is 15.2 Å². The Morgan fingerprint density at radius 2 is 2.23 bits per heavy atom. The zero-order valence-electron chi connectivity index (χ0n) is 11.7. The topological polar surface area (TPSA) is 75.9 Å². The summed E-state index contributed by atoms with van der Waals surface area (Å²) in [5.74, 6) is -0.784. The van der Waals surface area contributed by atoms with Crippen molar-refractivity contribution < 1.29 is 17.7 Å². The van der Waals surface area contributed by atoms with Crippen molar-refractivity contribution in [1.29, 1.82) is 0 Å². The van der Waals surface area contributed by atoms with Gasteiger partial charge in [0.2, 0.25) is 5.82 Å². The van der Waals surface area contributed by atoms with Crippen molar-refractivity contribution in [2.45, 2.75) is 25.6 Å². The second kappa shape index (κ2) is 5.56. The lowest BCUT2D eigenvalue weighted by atomic mass is 10.2. The number of alkyl halides is 3. The van der Waals surface area contributed by atoms with Crippen molar-refractivity contribution in [2.24, 2.45) is 0 Å². The van der Waals surface area contributed by atoms with Crippen LogP contribution < -0.4 is 10.6 Å². The number of rotatable bonds is 3. The summed E-state index contributed by atoms with van der Waals surface area (Å²) < 4.78 is 41.6. The van der Waals surface area contributed by atoms with Gasteiger partial charge in [0.15, 0.2) is 0 Å².